The maximum Gasteiger partial charge on any atom is 0.356 e. The van der Waals surface area contributed by atoms with Crippen molar-refractivity contribution in [2.75, 3.05) is 19.0 Å². The number of nitrogens with one attached hydrogen (secondary N) is 1. The molecule has 1 aromatic rings. The second-order valence-electron chi connectivity index (χ2n) is 3.75. The Morgan fingerprint density at radius 2 is 2.28 bits per heavy atom. The van der Waals surface area contributed by atoms with Crippen LogP contribution in [0.3, 0.4) is 0 Å². The monoisotopic (exact) mass is 252 g/mol. The van der Waals surface area contributed by atoms with Crippen LogP contribution in [0.4, 0.5) is 5.69 Å². The molecular weight excluding hydrogens is 236 g/mol. The first-order valence-corrected chi connectivity index (χ1v) is 5.59. The molecule has 0 radical (unpaired) electrons. The van der Waals surface area contributed by atoms with Crippen molar-refractivity contribution in [3.63, 3.8) is 0 Å². The number of carboxylic acid groups (broad SMARTS) is 1. The van der Waals surface area contributed by atoms with Crippen LogP contribution >= 0.6 is 0 Å². The van der Waals surface area contributed by atoms with Gasteiger partial charge in [-0.25, -0.2) is 9.78 Å². The van der Waals surface area contributed by atoms with Gasteiger partial charge in [-0.05, 0) is 18.6 Å². The number of aromatic nitrogens is 1. The highest BCUT2D eigenvalue weighted by molar-refractivity contribution is 5.88. The Balaban J connectivity index is 2.68. The maximum atomic E-state index is 11.3. The van der Waals surface area contributed by atoms with E-state index in [4.69, 9.17) is 5.11 Å². The summed E-state index contributed by atoms with van der Waals surface area (Å²) >= 11 is 0. The van der Waals surface area contributed by atoms with E-state index in [2.05, 4.69) is 15.0 Å². The zero-order valence-corrected chi connectivity index (χ0v) is 10.3. The van der Waals surface area contributed by atoms with Gasteiger partial charge < -0.3 is 15.2 Å². The van der Waals surface area contributed by atoms with Gasteiger partial charge >= 0.3 is 11.9 Å². The second kappa shape index (κ2) is 6.58. The molecule has 0 bridgehead atoms. The molecule has 0 saturated carbocycles. The molecule has 2 N–H and O–H groups in total. The van der Waals surface area contributed by atoms with Crippen LogP contribution in [0, 0.1) is 5.92 Å². The zero-order valence-electron chi connectivity index (χ0n) is 10.3. The Hall–Kier alpha value is -2.11. The number of carbonyl (C=O) groups is 2. The highest BCUT2D eigenvalue weighted by Crippen LogP contribution is 2.11. The van der Waals surface area contributed by atoms with Gasteiger partial charge in [-0.3, -0.25) is 4.79 Å². The fourth-order valence-corrected chi connectivity index (χ4v) is 1.40. The molecule has 0 amide bonds. The number of carbonyl (C=O) groups excluding carboxylic acids is 1. The molecule has 0 saturated heterocycles. The van der Waals surface area contributed by atoms with Gasteiger partial charge in [0.15, 0.2) is 0 Å². The lowest BCUT2D eigenvalue weighted by molar-refractivity contribution is -0.141. The highest BCUT2D eigenvalue weighted by Gasteiger charge is 2.14. The van der Waals surface area contributed by atoms with Gasteiger partial charge in [-0.2, -0.15) is 0 Å². The molecule has 98 valence electrons. The van der Waals surface area contributed by atoms with E-state index in [9.17, 15) is 9.59 Å². The topological polar surface area (TPSA) is 88.5 Å². The Labute approximate surface area is 105 Å². The number of esters is 1. The van der Waals surface area contributed by atoms with Gasteiger partial charge in [0.1, 0.15) is 5.69 Å². The fraction of sp³-hybridized carbons (Fsp3) is 0.417. The average molecular weight is 252 g/mol. The summed E-state index contributed by atoms with van der Waals surface area (Å²) in [5, 5.41) is 11.9. The lowest BCUT2D eigenvalue weighted by Crippen LogP contribution is -2.22. The van der Waals surface area contributed by atoms with Crippen LogP contribution < -0.4 is 5.32 Å². The predicted octanol–water partition coefficient (Wildman–Crippen LogP) is 1.39. The summed E-state index contributed by atoms with van der Waals surface area (Å²) in [5.41, 5.74) is 0.830. The van der Waals surface area contributed by atoms with E-state index in [-0.39, 0.29) is 5.69 Å². The number of anilines is 1. The van der Waals surface area contributed by atoms with Crippen LogP contribution in [-0.4, -0.2) is 35.7 Å². The SMILES string of the molecule is CCC(CNc1ccnc(C(=O)OC)c1)C(=O)O. The summed E-state index contributed by atoms with van der Waals surface area (Å²) in [6, 6.07) is 3.20. The summed E-state index contributed by atoms with van der Waals surface area (Å²) in [5.74, 6) is -1.82. The fourth-order valence-electron chi connectivity index (χ4n) is 1.40. The summed E-state index contributed by atoms with van der Waals surface area (Å²) in [4.78, 5) is 26.0. The molecule has 0 fully saturated rings. The lowest BCUT2D eigenvalue weighted by atomic mass is 10.1. The minimum Gasteiger partial charge on any atom is -0.481 e. The Kier molecular flexibility index (Phi) is 5.10. The molecule has 1 atom stereocenters. The Bertz CT molecular complexity index is 434. The standard InChI is InChI=1S/C12H16N2O4/c1-3-8(11(15)16)7-14-9-4-5-13-10(6-9)12(17)18-2/h4-6,8H,3,7H2,1-2H3,(H,13,14)(H,15,16). The molecule has 1 rings (SSSR count). The maximum absolute atomic E-state index is 11.3. The Morgan fingerprint density at radius 3 is 2.83 bits per heavy atom. The van der Waals surface area contributed by atoms with Crippen molar-refractivity contribution in [1.29, 1.82) is 0 Å². The van der Waals surface area contributed by atoms with E-state index >= 15 is 0 Å². The van der Waals surface area contributed by atoms with Crippen LogP contribution in [0.2, 0.25) is 0 Å². The first-order valence-electron chi connectivity index (χ1n) is 5.59. The lowest BCUT2D eigenvalue weighted by Gasteiger charge is -2.12. The molecule has 6 heteroatoms. The van der Waals surface area contributed by atoms with Gasteiger partial charge in [0.2, 0.25) is 0 Å². The number of aliphatic carboxylic acids is 1. The number of rotatable bonds is 6. The molecular formula is C12H16N2O4. The number of nitrogens with zero attached hydrogens (tertiary/aromatic N) is 1. The third-order valence-electron chi connectivity index (χ3n) is 2.55. The van der Waals surface area contributed by atoms with Crippen LogP contribution in [0.15, 0.2) is 18.3 Å². The van der Waals surface area contributed by atoms with Gasteiger partial charge in [0.25, 0.3) is 0 Å². The van der Waals surface area contributed by atoms with Crippen molar-refractivity contribution in [2.45, 2.75) is 13.3 Å². The van der Waals surface area contributed by atoms with Crippen molar-refractivity contribution in [3.8, 4) is 0 Å². The van der Waals surface area contributed by atoms with E-state index < -0.39 is 17.9 Å². The highest BCUT2D eigenvalue weighted by atomic mass is 16.5. The quantitative estimate of drug-likeness (QED) is 0.744. The third kappa shape index (κ3) is 3.73. The molecule has 0 spiro atoms. The number of pyridine rings is 1. The predicted molar refractivity (Wildman–Crippen MR) is 65.5 cm³/mol. The van der Waals surface area contributed by atoms with Gasteiger partial charge in [0, 0.05) is 18.4 Å². The molecule has 0 aliphatic rings. The van der Waals surface area contributed by atoms with Crippen molar-refractivity contribution in [2.24, 2.45) is 5.92 Å². The molecule has 0 aliphatic heterocycles. The van der Waals surface area contributed by atoms with E-state index in [1.165, 1.54) is 19.4 Å². The van der Waals surface area contributed by atoms with E-state index in [1.54, 1.807) is 6.07 Å². The smallest absolute Gasteiger partial charge is 0.356 e. The number of ether oxygens (including phenoxy) is 1. The van der Waals surface area contributed by atoms with Crippen molar-refractivity contribution >= 4 is 17.6 Å². The van der Waals surface area contributed by atoms with Crippen LogP contribution in [0.1, 0.15) is 23.8 Å². The van der Waals surface area contributed by atoms with Gasteiger partial charge in [-0.15, -0.1) is 0 Å². The Morgan fingerprint density at radius 1 is 1.56 bits per heavy atom. The minimum atomic E-state index is -0.841. The summed E-state index contributed by atoms with van der Waals surface area (Å²) < 4.78 is 4.55. The number of hydrogen-bond donors (Lipinski definition) is 2. The average Bonchev–Trinajstić information content (AvgIpc) is 2.38. The minimum absolute atomic E-state index is 0.186. The number of methoxy groups -OCH3 is 1. The van der Waals surface area contributed by atoms with Crippen LogP contribution in [0.25, 0.3) is 0 Å². The first kappa shape index (κ1) is 14.0. The summed E-state index contributed by atoms with van der Waals surface area (Å²) in [6.07, 6.45) is 2.01. The van der Waals surface area contributed by atoms with Crippen molar-refractivity contribution in [1.82, 2.24) is 4.98 Å². The normalized spacial score (nSPS) is 11.7. The summed E-state index contributed by atoms with van der Waals surface area (Å²) in [6.45, 7) is 2.11. The summed E-state index contributed by atoms with van der Waals surface area (Å²) in [7, 11) is 1.28. The van der Waals surface area contributed by atoms with E-state index in [0.29, 0.717) is 18.7 Å². The third-order valence-corrected chi connectivity index (χ3v) is 2.55. The molecule has 1 unspecified atom stereocenters. The molecule has 0 aliphatic carbocycles. The molecule has 1 heterocycles. The van der Waals surface area contributed by atoms with Crippen LogP contribution in [-0.2, 0) is 9.53 Å². The van der Waals surface area contributed by atoms with E-state index in [1.807, 2.05) is 6.92 Å². The largest absolute Gasteiger partial charge is 0.481 e. The molecule has 6 nitrogen and oxygen atoms in total. The van der Waals surface area contributed by atoms with E-state index in [0.717, 1.165) is 0 Å². The molecule has 0 aromatic carbocycles. The zero-order chi connectivity index (χ0) is 13.5. The molecule has 18 heavy (non-hydrogen) atoms. The first-order chi connectivity index (χ1) is 8.58. The van der Waals surface area contributed by atoms with Crippen molar-refractivity contribution < 1.29 is 19.4 Å². The van der Waals surface area contributed by atoms with Crippen molar-refractivity contribution in [3.05, 3.63) is 24.0 Å². The molecule has 1 aromatic heterocycles. The second-order valence-corrected chi connectivity index (χ2v) is 3.75. The number of carboxylic acids is 1. The van der Waals surface area contributed by atoms with Gasteiger partial charge in [-0.1, -0.05) is 6.92 Å². The number of hydrogen-bond acceptors (Lipinski definition) is 5. The van der Waals surface area contributed by atoms with Crippen LogP contribution in [0.5, 0.6) is 0 Å². The van der Waals surface area contributed by atoms with Gasteiger partial charge in [0.05, 0.1) is 13.0 Å².